The molecule has 1 nitrogen and oxygen atoms in total. The van der Waals surface area contributed by atoms with Crippen molar-refractivity contribution in [3.63, 3.8) is 0 Å². The molecule has 0 heterocycles. The Kier molecular flexibility index (Phi) is 7.07. The second kappa shape index (κ2) is 7.47. The third-order valence-corrected chi connectivity index (χ3v) is 2.81. The molecule has 0 bridgehead atoms. The summed E-state index contributed by atoms with van der Waals surface area (Å²) in [4.78, 5) is 10.2. The molecule has 0 aliphatic heterocycles. The molecular formula is C13H22OSi. The van der Waals surface area contributed by atoms with Crippen LogP contribution < -0.4 is 0 Å². The van der Waals surface area contributed by atoms with E-state index in [0.717, 1.165) is 25.5 Å². The molecule has 0 saturated heterocycles. The fourth-order valence-corrected chi connectivity index (χ4v) is 1.76. The summed E-state index contributed by atoms with van der Waals surface area (Å²) >= 11 is 0. The number of carbonyl (C=O) groups is 1. The summed E-state index contributed by atoms with van der Waals surface area (Å²) < 4.78 is 0. The Morgan fingerprint density at radius 2 is 1.93 bits per heavy atom. The van der Waals surface area contributed by atoms with Crippen molar-refractivity contribution in [2.75, 3.05) is 0 Å². The molecule has 0 amide bonds. The number of hydrogen-bond donors (Lipinski definition) is 0. The van der Waals surface area contributed by atoms with Crippen LogP contribution in [0.4, 0.5) is 0 Å². The molecule has 0 unspecified atom stereocenters. The van der Waals surface area contributed by atoms with Gasteiger partial charge in [-0.2, -0.15) is 0 Å². The molecular weight excluding hydrogens is 200 g/mol. The first-order valence-corrected chi connectivity index (χ1v) is 9.05. The van der Waals surface area contributed by atoms with E-state index < -0.39 is 8.07 Å². The van der Waals surface area contributed by atoms with Gasteiger partial charge in [-0.25, -0.2) is 0 Å². The van der Waals surface area contributed by atoms with Crippen molar-refractivity contribution in [1.82, 2.24) is 0 Å². The van der Waals surface area contributed by atoms with E-state index in [9.17, 15) is 4.79 Å². The molecule has 0 N–H and O–H groups in total. The van der Waals surface area contributed by atoms with Crippen molar-refractivity contribution < 1.29 is 4.79 Å². The minimum Gasteiger partial charge on any atom is -0.303 e. The molecule has 0 saturated carbocycles. The van der Waals surface area contributed by atoms with Crippen LogP contribution >= 0.6 is 0 Å². The van der Waals surface area contributed by atoms with Crippen molar-refractivity contribution >= 4 is 14.4 Å². The molecule has 0 aromatic carbocycles. The van der Waals surface area contributed by atoms with Gasteiger partial charge >= 0.3 is 0 Å². The van der Waals surface area contributed by atoms with Gasteiger partial charge in [0.1, 0.15) is 14.4 Å². The standard InChI is InChI=1S/C13H22OSi/c1-13(10-8-11-14)9-6-5-7-12-15(2,3)4/h9,11H,5-6,8,10H2,1-4H3. The van der Waals surface area contributed by atoms with Gasteiger partial charge in [0, 0.05) is 12.8 Å². The Labute approximate surface area is 95.0 Å². The van der Waals surface area contributed by atoms with Gasteiger partial charge in [-0.1, -0.05) is 31.3 Å². The summed E-state index contributed by atoms with van der Waals surface area (Å²) in [6, 6.07) is 0. The summed E-state index contributed by atoms with van der Waals surface area (Å²) in [6.45, 7) is 8.84. The first kappa shape index (κ1) is 14.2. The lowest BCUT2D eigenvalue weighted by molar-refractivity contribution is -0.107. The highest BCUT2D eigenvalue weighted by atomic mass is 28.3. The first-order chi connectivity index (χ1) is 6.95. The van der Waals surface area contributed by atoms with Gasteiger partial charge in [0.15, 0.2) is 0 Å². The van der Waals surface area contributed by atoms with Crippen molar-refractivity contribution in [2.24, 2.45) is 0 Å². The molecule has 0 aliphatic rings. The predicted octanol–water partition coefficient (Wildman–Crippen LogP) is 3.57. The quantitative estimate of drug-likeness (QED) is 0.228. The summed E-state index contributed by atoms with van der Waals surface area (Å²) in [5.41, 5.74) is 4.64. The van der Waals surface area contributed by atoms with Gasteiger partial charge in [0.05, 0.1) is 0 Å². The second-order valence-corrected chi connectivity index (χ2v) is 9.60. The van der Waals surface area contributed by atoms with Gasteiger partial charge in [0.2, 0.25) is 0 Å². The Bertz CT molecular complexity index is 273. The lowest BCUT2D eigenvalue weighted by Crippen LogP contribution is -2.16. The van der Waals surface area contributed by atoms with Gasteiger partial charge in [-0.15, -0.1) is 11.5 Å². The fraction of sp³-hybridized carbons (Fsp3) is 0.615. The minimum atomic E-state index is -1.18. The number of carbonyl (C=O) groups excluding carboxylic acids is 1. The van der Waals surface area contributed by atoms with E-state index in [0.29, 0.717) is 6.42 Å². The third-order valence-electron chi connectivity index (χ3n) is 1.88. The summed E-state index contributed by atoms with van der Waals surface area (Å²) in [6.07, 6.45) is 6.67. The highest BCUT2D eigenvalue weighted by Gasteiger charge is 2.06. The van der Waals surface area contributed by atoms with Gasteiger partial charge < -0.3 is 4.79 Å². The molecule has 84 valence electrons. The molecule has 15 heavy (non-hydrogen) atoms. The molecule has 0 aliphatic carbocycles. The van der Waals surface area contributed by atoms with Crippen LogP contribution in [0, 0.1) is 11.5 Å². The Morgan fingerprint density at radius 1 is 1.27 bits per heavy atom. The number of allylic oxidation sites excluding steroid dienone is 2. The number of aldehydes is 1. The lowest BCUT2D eigenvalue weighted by atomic mass is 10.1. The number of rotatable bonds is 5. The number of unbranched alkanes of at least 4 members (excludes halogenated alkanes) is 1. The van der Waals surface area contributed by atoms with Crippen LogP contribution in [0.2, 0.25) is 19.6 Å². The van der Waals surface area contributed by atoms with Crippen LogP contribution in [0.15, 0.2) is 11.6 Å². The van der Waals surface area contributed by atoms with Gasteiger partial charge in [-0.05, 0) is 19.8 Å². The number of hydrogen-bond acceptors (Lipinski definition) is 1. The van der Waals surface area contributed by atoms with E-state index in [1.807, 2.05) is 0 Å². The van der Waals surface area contributed by atoms with E-state index in [-0.39, 0.29) is 0 Å². The molecule has 0 aromatic heterocycles. The smallest absolute Gasteiger partial charge is 0.129 e. The van der Waals surface area contributed by atoms with Crippen molar-refractivity contribution in [2.45, 2.75) is 52.2 Å². The first-order valence-electron chi connectivity index (χ1n) is 5.55. The average Bonchev–Trinajstić information content (AvgIpc) is 2.12. The lowest BCUT2D eigenvalue weighted by Gasteiger charge is -2.02. The SMILES string of the molecule is CC(=CCCC#C[Si](C)(C)C)CCC=O. The second-order valence-electron chi connectivity index (χ2n) is 4.85. The Morgan fingerprint density at radius 3 is 2.47 bits per heavy atom. The topological polar surface area (TPSA) is 17.1 Å². The van der Waals surface area contributed by atoms with Crippen LogP contribution in [0.3, 0.4) is 0 Å². The zero-order valence-electron chi connectivity index (χ0n) is 10.4. The molecule has 0 spiro atoms. The van der Waals surface area contributed by atoms with E-state index in [2.05, 4.69) is 44.1 Å². The molecule has 0 aromatic rings. The summed E-state index contributed by atoms with van der Waals surface area (Å²) in [5.74, 6) is 3.23. The zero-order chi connectivity index (χ0) is 11.7. The highest BCUT2D eigenvalue weighted by Crippen LogP contribution is 2.05. The fourth-order valence-electron chi connectivity index (χ4n) is 1.11. The maximum atomic E-state index is 10.2. The highest BCUT2D eigenvalue weighted by molar-refractivity contribution is 6.83. The largest absolute Gasteiger partial charge is 0.303 e. The minimum absolute atomic E-state index is 0.642. The normalized spacial score (nSPS) is 11.9. The molecule has 0 radical (unpaired) electrons. The molecule has 0 fully saturated rings. The van der Waals surface area contributed by atoms with Crippen LogP contribution in [0.25, 0.3) is 0 Å². The van der Waals surface area contributed by atoms with E-state index in [4.69, 9.17) is 0 Å². The van der Waals surface area contributed by atoms with Gasteiger partial charge in [-0.3, -0.25) is 0 Å². The van der Waals surface area contributed by atoms with Crippen LogP contribution in [-0.4, -0.2) is 14.4 Å². The maximum Gasteiger partial charge on any atom is 0.129 e. The predicted molar refractivity (Wildman–Crippen MR) is 69.4 cm³/mol. The summed E-state index contributed by atoms with van der Waals surface area (Å²) in [5, 5.41) is 0. The van der Waals surface area contributed by atoms with Crippen LogP contribution in [-0.2, 0) is 4.79 Å². The van der Waals surface area contributed by atoms with Crippen LogP contribution in [0.1, 0.15) is 32.6 Å². The Hall–Kier alpha value is -0.813. The monoisotopic (exact) mass is 222 g/mol. The molecule has 0 atom stereocenters. The average molecular weight is 222 g/mol. The van der Waals surface area contributed by atoms with Gasteiger partial charge in [0.25, 0.3) is 0 Å². The summed E-state index contributed by atoms with van der Waals surface area (Å²) in [7, 11) is -1.18. The molecule has 2 heteroatoms. The molecule has 0 rings (SSSR count). The maximum absolute atomic E-state index is 10.2. The van der Waals surface area contributed by atoms with Crippen LogP contribution in [0.5, 0.6) is 0 Å². The Balaban J connectivity index is 3.77. The van der Waals surface area contributed by atoms with E-state index in [1.54, 1.807) is 0 Å². The zero-order valence-corrected chi connectivity index (χ0v) is 11.4. The van der Waals surface area contributed by atoms with Crippen molar-refractivity contribution in [3.8, 4) is 11.5 Å². The third kappa shape index (κ3) is 11.1. The van der Waals surface area contributed by atoms with Crippen molar-refractivity contribution in [3.05, 3.63) is 11.6 Å². The van der Waals surface area contributed by atoms with E-state index >= 15 is 0 Å². The van der Waals surface area contributed by atoms with E-state index in [1.165, 1.54) is 5.57 Å². The van der Waals surface area contributed by atoms with Crippen molar-refractivity contribution in [1.29, 1.82) is 0 Å².